The molecule has 0 saturated carbocycles. The molecular weight excluding hydrogens is 180 g/mol. The van der Waals surface area contributed by atoms with Gasteiger partial charge in [-0.2, -0.15) is 5.10 Å². The molecule has 1 aromatic rings. The zero-order valence-electron chi connectivity index (χ0n) is 8.44. The van der Waals surface area contributed by atoms with E-state index < -0.39 is 0 Å². The predicted molar refractivity (Wildman–Crippen MR) is 52.6 cm³/mol. The molecule has 0 fully saturated rings. The van der Waals surface area contributed by atoms with Crippen LogP contribution in [-0.4, -0.2) is 27.1 Å². The Kier molecular flexibility index (Phi) is 4.25. The number of aryl methyl sites for hydroxylation is 1. The maximum Gasteiger partial charge on any atom is 0.140 e. The smallest absolute Gasteiger partial charge is 0.140 e. The van der Waals surface area contributed by atoms with E-state index in [1.807, 2.05) is 0 Å². The van der Waals surface area contributed by atoms with Crippen molar-refractivity contribution in [2.75, 3.05) is 6.54 Å². The Hall–Kier alpha value is -1.23. The molecule has 0 unspecified atom stereocenters. The van der Waals surface area contributed by atoms with Gasteiger partial charge in [-0.15, -0.1) is 0 Å². The van der Waals surface area contributed by atoms with E-state index in [-0.39, 0.29) is 5.78 Å². The van der Waals surface area contributed by atoms with E-state index in [4.69, 9.17) is 5.73 Å². The first-order chi connectivity index (χ1) is 6.74. The van der Waals surface area contributed by atoms with Crippen LogP contribution in [-0.2, 0) is 18.3 Å². The van der Waals surface area contributed by atoms with Crippen LogP contribution in [0.1, 0.15) is 25.1 Å². The number of rotatable bonds is 6. The molecule has 1 rings (SSSR count). The van der Waals surface area contributed by atoms with E-state index in [1.54, 1.807) is 11.7 Å². The largest absolute Gasteiger partial charge is 0.330 e. The molecule has 0 atom stereocenters. The van der Waals surface area contributed by atoms with Crippen molar-refractivity contribution in [3.8, 4) is 0 Å². The summed E-state index contributed by atoms with van der Waals surface area (Å²) in [7, 11) is 1.79. The Labute approximate surface area is 83.3 Å². The lowest BCUT2D eigenvalue weighted by Crippen LogP contribution is -2.09. The van der Waals surface area contributed by atoms with E-state index in [0.29, 0.717) is 19.4 Å². The summed E-state index contributed by atoms with van der Waals surface area (Å²) in [4.78, 5) is 15.4. The number of nitrogens with zero attached hydrogens (tertiary/aromatic N) is 3. The van der Waals surface area contributed by atoms with Gasteiger partial charge < -0.3 is 5.73 Å². The molecule has 2 N–H and O–H groups in total. The van der Waals surface area contributed by atoms with Gasteiger partial charge in [-0.25, -0.2) is 4.98 Å². The topological polar surface area (TPSA) is 73.8 Å². The van der Waals surface area contributed by atoms with Crippen LogP contribution in [0.25, 0.3) is 0 Å². The van der Waals surface area contributed by atoms with E-state index in [2.05, 4.69) is 10.1 Å². The zero-order chi connectivity index (χ0) is 10.4. The van der Waals surface area contributed by atoms with Gasteiger partial charge in [-0.3, -0.25) is 9.48 Å². The number of Topliss-reactive ketones (excluding diaryl/α,β-unsaturated/α-hetero) is 1. The van der Waals surface area contributed by atoms with Crippen LogP contribution in [0.2, 0.25) is 0 Å². The fourth-order valence-electron chi connectivity index (χ4n) is 1.21. The SMILES string of the molecule is Cn1ncnc1CC(=O)CCCCN. The van der Waals surface area contributed by atoms with Crippen LogP contribution in [0.15, 0.2) is 6.33 Å². The van der Waals surface area contributed by atoms with Crippen molar-refractivity contribution >= 4 is 5.78 Å². The summed E-state index contributed by atoms with van der Waals surface area (Å²) in [6.45, 7) is 0.650. The Morgan fingerprint density at radius 3 is 2.93 bits per heavy atom. The lowest BCUT2D eigenvalue weighted by molar-refractivity contribution is -0.118. The number of nitrogens with two attached hydrogens (primary N) is 1. The van der Waals surface area contributed by atoms with Gasteiger partial charge in [0.15, 0.2) is 0 Å². The average Bonchev–Trinajstić information content (AvgIpc) is 2.52. The van der Waals surface area contributed by atoms with Crippen molar-refractivity contribution in [1.82, 2.24) is 14.8 Å². The molecule has 0 aliphatic carbocycles. The predicted octanol–water partition coefficient (Wildman–Crippen LogP) is 0.0557. The van der Waals surface area contributed by atoms with Gasteiger partial charge in [0.1, 0.15) is 17.9 Å². The van der Waals surface area contributed by atoms with E-state index in [1.165, 1.54) is 6.33 Å². The summed E-state index contributed by atoms with van der Waals surface area (Å²) in [6, 6.07) is 0. The minimum atomic E-state index is 0.203. The number of aromatic nitrogens is 3. The van der Waals surface area contributed by atoms with Crippen molar-refractivity contribution in [2.24, 2.45) is 12.8 Å². The highest BCUT2D eigenvalue weighted by Crippen LogP contribution is 2.00. The third-order valence-corrected chi connectivity index (χ3v) is 2.07. The molecule has 0 amide bonds. The van der Waals surface area contributed by atoms with Crippen LogP contribution < -0.4 is 5.73 Å². The van der Waals surface area contributed by atoms with Crippen molar-refractivity contribution in [1.29, 1.82) is 0 Å². The molecule has 0 bridgehead atoms. The highest BCUT2D eigenvalue weighted by Gasteiger charge is 2.07. The van der Waals surface area contributed by atoms with E-state index >= 15 is 0 Å². The Balaban J connectivity index is 2.31. The summed E-state index contributed by atoms with van der Waals surface area (Å²) in [5.41, 5.74) is 5.34. The quantitative estimate of drug-likeness (QED) is 0.653. The first kappa shape index (κ1) is 10.8. The van der Waals surface area contributed by atoms with Gasteiger partial charge in [0, 0.05) is 13.5 Å². The minimum Gasteiger partial charge on any atom is -0.330 e. The van der Waals surface area contributed by atoms with Crippen LogP contribution >= 0.6 is 0 Å². The Bertz CT molecular complexity index is 295. The van der Waals surface area contributed by atoms with Crippen molar-refractivity contribution in [3.63, 3.8) is 0 Å². The second-order valence-electron chi connectivity index (χ2n) is 3.26. The molecule has 0 saturated heterocycles. The summed E-state index contributed by atoms with van der Waals surface area (Å²) in [5, 5.41) is 3.90. The number of carbonyl (C=O) groups is 1. The van der Waals surface area contributed by atoms with Crippen LogP contribution in [0.5, 0.6) is 0 Å². The summed E-state index contributed by atoms with van der Waals surface area (Å²) in [6.07, 6.45) is 4.20. The third-order valence-electron chi connectivity index (χ3n) is 2.07. The lowest BCUT2D eigenvalue weighted by Gasteiger charge is -1.99. The molecule has 0 aliphatic heterocycles. The maximum absolute atomic E-state index is 11.4. The second kappa shape index (κ2) is 5.49. The van der Waals surface area contributed by atoms with Crippen LogP contribution in [0, 0.1) is 0 Å². The number of hydrogen-bond acceptors (Lipinski definition) is 4. The normalized spacial score (nSPS) is 10.4. The van der Waals surface area contributed by atoms with E-state index in [0.717, 1.165) is 18.7 Å². The molecule has 5 nitrogen and oxygen atoms in total. The third kappa shape index (κ3) is 3.26. The number of hydrogen-bond donors (Lipinski definition) is 1. The molecule has 0 aromatic carbocycles. The number of ketones is 1. The summed E-state index contributed by atoms with van der Waals surface area (Å²) in [5.74, 6) is 0.928. The van der Waals surface area contributed by atoms with Gasteiger partial charge in [0.25, 0.3) is 0 Å². The van der Waals surface area contributed by atoms with Crippen LogP contribution in [0.3, 0.4) is 0 Å². The summed E-state index contributed by atoms with van der Waals surface area (Å²) < 4.78 is 1.63. The maximum atomic E-state index is 11.4. The monoisotopic (exact) mass is 196 g/mol. The molecule has 1 heterocycles. The Morgan fingerprint density at radius 1 is 1.57 bits per heavy atom. The van der Waals surface area contributed by atoms with Crippen molar-refractivity contribution in [3.05, 3.63) is 12.2 Å². The van der Waals surface area contributed by atoms with Crippen molar-refractivity contribution in [2.45, 2.75) is 25.7 Å². The highest BCUT2D eigenvalue weighted by atomic mass is 16.1. The fourth-order valence-corrected chi connectivity index (χ4v) is 1.21. The van der Waals surface area contributed by atoms with Gasteiger partial charge in [0.05, 0.1) is 6.42 Å². The van der Waals surface area contributed by atoms with Crippen molar-refractivity contribution < 1.29 is 4.79 Å². The molecule has 0 radical (unpaired) electrons. The average molecular weight is 196 g/mol. The van der Waals surface area contributed by atoms with Gasteiger partial charge in [-0.1, -0.05) is 0 Å². The Morgan fingerprint density at radius 2 is 2.36 bits per heavy atom. The molecule has 0 aliphatic rings. The van der Waals surface area contributed by atoms with E-state index in [9.17, 15) is 4.79 Å². The van der Waals surface area contributed by atoms with Gasteiger partial charge >= 0.3 is 0 Å². The lowest BCUT2D eigenvalue weighted by atomic mass is 10.1. The molecule has 5 heteroatoms. The second-order valence-corrected chi connectivity index (χ2v) is 3.26. The highest BCUT2D eigenvalue weighted by molar-refractivity contribution is 5.80. The first-order valence-electron chi connectivity index (χ1n) is 4.78. The summed E-state index contributed by atoms with van der Waals surface area (Å²) >= 11 is 0. The number of carbonyl (C=O) groups excluding carboxylic acids is 1. The molecule has 1 aromatic heterocycles. The molecule has 14 heavy (non-hydrogen) atoms. The molecule has 0 spiro atoms. The zero-order valence-corrected chi connectivity index (χ0v) is 8.44. The van der Waals surface area contributed by atoms with Gasteiger partial charge in [-0.05, 0) is 19.4 Å². The first-order valence-corrected chi connectivity index (χ1v) is 4.78. The fraction of sp³-hybridized carbons (Fsp3) is 0.667. The molecular formula is C9H16N4O. The minimum absolute atomic E-state index is 0.203. The van der Waals surface area contributed by atoms with Crippen LogP contribution in [0.4, 0.5) is 0 Å². The molecule has 78 valence electrons. The number of unbranched alkanes of at least 4 members (excludes halogenated alkanes) is 1. The standard InChI is InChI=1S/C9H16N4O/c1-13-9(11-7-12-13)6-8(14)4-2-3-5-10/h7H,2-6,10H2,1H3. The van der Waals surface area contributed by atoms with Gasteiger partial charge in [0.2, 0.25) is 0 Å².